The first-order valence-electron chi connectivity index (χ1n) is 6.85. The predicted molar refractivity (Wildman–Crippen MR) is 85.3 cm³/mol. The largest absolute Gasteiger partial charge is 0.366 e. The zero-order valence-corrected chi connectivity index (χ0v) is 13.0. The van der Waals surface area contributed by atoms with Crippen molar-refractivity contribution >= 4 is 39.1 Å². The minimum absolute atomic E-state index is 0.574. The molecule has 2 atom stereocenters. The molecule has 3 rings (SSSR count). The highest BCUT2D eigenvalue weighted by atomic mass is 32.2. The van der Waals surface area contributed by atoms with Crippen LogP contribution in [-0.4, -0.2) is 27.0 Å². The molecule has 0 spiro atoms. The topological polar surface area (TPSA) is 37.8 Å². The number of hydrogen-bond acceptors (Lipinski definition) is 5. The summed E-state index contributed by atoms with van der Waals surface area (Å²) in [4.78, 5) is 8.81. The van der Waals surface area contributed by atoms with Crippen LogP contribution in [-0.2, 0) is 0 Å². The number of aryl methyl sites for hydroxylation is 1. The van der Waals surface area contributed by atoms with Gasteiger partial charge in [0.1, 0.15) is 12.1 Å². The molecule has 5 heteroatoms. The van der Waals surface area contributed by atoms with E-state index in [1.807, 2.05) is 0 Å². The van der Waals surface area contributed by atoms with Crippen molar-refractivity contribution in [3.8, 4) is 0 Å². The molecule has 0 aliphatic heterocycles. The Kier molecular flexibility index (Phi) is 3.93. The van der Waals surface area contributed by atoms with Crippen molar-refractivity contribution in [2.45, 2.75) is 44.4 Å². The molecule has 1 N–H and O–H groups in total. The fourth-order valence-corrected chi connectivity index (χ4v) is 4.82. The van der Waals surface area contributed by atoms with Crippen LogP contribution in [0.4, 0.5) is 5.82 Å². The molecule has 102 valence electrons. The van der Waals surface area contributed by atoms with Gasteiger partial charge in [-0.2, -0.15) is 11.8 Å². The molecule has 1 aliphatic carbocycles. The van der Waals surface area contributed by atoms with E-state index in [1.165, 1.54) is 35.3 Å². The highest BCUT2D eigenvalue weighted by Crippen LogP contribution is 2.34. The lowest BCUT2D eigenvalue weighted by molar-refractivity contribution is 0.753. The highest BCUT2D eigenvalue weighted by Gasteiger charge is 2.25. The Morgan fingerprint density at radius 2 is 2.32 bits per heavy atom. The van der Waals surface area contributed by atoms with Crippen LogP contribution in [0.15, 0.2) is 11.7 Å². The molecule has 1 aliphatic rings. The maximum atomic E-state index is 4.44. The Hall–Kier alpha value is -0.810. The lowest BCUT2D eigenvalue weighted by atomic mass is 10.2. The molecule has 1 saturated carbocycles. The van der Waals surface area contributed by atoms with E-state index in [2.05, 4.69) is 46.3 Å². The van der Waals surface area contributed by atoms with E-state index in [1.54, 1.807) is 17.7 Å². The summed E-state index contributed by atoms with van der Waals surface area (Å²) >= 11 is 3.83. The van der Waals surface area contributed by atoms with Gasteiger partial charge in [-0.25, -0.2) is 9.97 Å². The molecule has 0 radical (unpaired) electrons. The second-order valence-corrected chi connectivity index (χ2v) is 7.51. The van der Waals surface area contributed by atoms with Crippen LogP contribution in [0.25, 0.3) is 10.2 Å². The van der Waals surface area contributed by atoms with Crippen molar-refractivity contribution in [3.63, 3.8) is 0 Å². The molecule has 2 unspecified atom stereocenters. The van der Waals surface area contributed by atoms with Crippen LogP contribution in [0, 0.1) is 6.92 Å². The number of hydrogen-bond donors (Lipinski definition) is 1. The summed E-state index contributed by atoms with van der Waals surface area (Å²) in [6, 6.07) is 0.574. The summed E-state index contributed by atoms with van der Waals surface area (Å²) in [6.07, 6.45) is 5.52. The van der Waals surface area contributed by atoms with Crippen molar-refractivity contribution < 1.29 is 0 Å². The van der Waals surface area contributed by atoms with E-state index in [4.69, 9.17) is 0 Å². The molecule has 0 aromatic carbocycles. The molecule has 3 nitrogen and oxygen atoms in total. The Morgan fingerprint density at radius 1 is 1.42 bits per heavy atom. The fraction of sp³-hybridized carbons (Fsp3) is 0.571. The second-order valence-electron chi connectivity index (χ2n) is 5.05. The van der Waals surface area contributed by atoms with Gasteiger partial charge in [0.05, 0.1) is 10.2 Å². The Morgan fingerprint density at radius 3 is 3.16 bits per heavy atom. The molecule has 2 aromatic heterocycles. The van der Waals surface area contributed by atoms with E-state index in [-0.39, 0.29) is 0 Å². The summed E-state index contributed by atoms with van der Waals surface area (Å²) in [7, 11) is 0. The average Bonchev–Trinajstić information content (AvgIpc) is 2.99. The maximum Gasteiger partial charge on any atom is 0.147 e. The Bertz CT molecular complexity index is 567. The van der Waals surface area contributed by atoms with Crippen molar-refractivity contribution in [2.75, 3.05) is 11.1 Å². The first-order chi connectivity index (χ1) is 9.28. The molecular formula is C14H19N3S2. The van der Waals surface area contributed by atoms with E-state index >= 15 is 0 Å². The average molecular weight is 293 g/mol. The SMILES string of the molecule is CCSC1CCC(Nc2ncnc3c(C)csc23)C1. The van der Waals surface area contributed by atoms with Crippen LogP contribution in [0.3, 0.4) is 0 Å². The number of nitrogens with zero attached hydrogens (tertiary/aromatic N) is 2. The number of rotatable bonds is 4. The third kappa shape index (κ3) is 2.72. The third-order valence-corrected chi connectivity index (χ3v) is 5.99. The molecule has 2 heterocycles. The molecule has 19 heavy (non-hydrogen) atoms. The van der Waals surface area contributed by atoms with Crippen LogP contribution in [0.2, 0.25) is 0 Å². The maximum absolute atomic E-state index is 4.44. The summed E-state index contributed by atoms with van der Waals surface area (Å²) < 4.78 is 1.20. The second kappa shape index (κ2) is 5.67. The van der Waals surface area contributed by atoms with Crippen LogP contribution < -0.4 is 5.32 Å². The Labute approximate surface area is 122 Å². The third-order valence-electron chi connectivity index (χ3n) is 3.66. The molecule has 0 amide bonds. The number of fused-ring (bicyclic) bond motifs is 1. The quantitative estimate of drug-likeness (QED) is 0.921. The number of nitrogens with one attached hydrogen (secondary N) is 1. The zero-order chi connectivity index (χ0) is 13.2. The van der Waals surface area contributed by atoms with Gasteiger partial charge in [0, 0.05) is 11.3 Å². The summed E-state index contributed by atoms with van der Waals surface area (Å²) in [6.45, 7) is 4.35. The number of aromatic nitrogens is 2. The predicted octanol–water partition coefficient (Wildman–Crippen LogP) is 4.09. The Balaban J connectivity index is 1.75. The summed E-state index contributed by atoms with van der Waals surface area (Å²) in [5.74, 6) is 2.24. The molecule has 0 bridgehead atoms. The monoisotopic (exact) mass is 293 g/mol. The summed E-state index contributed by atoms with van der Waals surface area (Å²) in [5.41, 5.74) is 2.34. The number of thiophene rings is 1. The van der Waals surface area contributed by atoms with Crippen LogP contribution in [0.5, 0.6) is 0 Å². The summed E-state index contributed by atoms with van der Waals surface area (Å²) in [5, 5.41) is 6.62. The molecule has 1 fully saturated rings. The van der Waals surface area contributed by atoms with E-state index in [0.29, 0.717) is 6.04 Å². The van der Waals surface area contributed by atoms with Gasteiger partial charge in [-0.3, -0.25) is 0 Å². The van der Waals surface area contributed by atoms with Crippen molar-refractivity contribution in [3.05, 3.63) is 17.3 Å². The van der Waals surface area contributed by atoms with Gasteiger partial charge in [0.15, 0.2) is 0 Å². The van der Waals surface area contributed by atoms with Crippen molar-refractivity contribution in [2.24, 2.45) is 0 Å². The first kappa shape index (κ1) is 13.2. The minimum atomic E-state index is 0.574. The van der Waals surface area contributed by atoms with Gasteiger partial charge in [0.25, 0.3) is 0 Å². The highest BCUT2D eigenvalue weighted by molar-refractivity contribution is 7.99. The van der Waals surface area contributed by atoms with Gasteiger partial charge in [-0.1, -0.05) is 6.92 Å². The smallest absolute Gasteiger partial charge is 0.147 e. The molecular weight excluding hydrogens is 274 g/mol. The number of thioether (sulfide) groups is 1. The number of anilines is 1. The van der Waals surface area contributed by atoms with E-state index in [9.17, 15) is 0 Å². The van der Waals surface area contributed by atoms with Crippen molar-refractivity contribution in [1.29, 1.82) is 0 Å². The standard InChI is InChI=1S/C14H19N3S2/c1-3-18-11-5-4-10(6-11)17-14-13-12(15-8-16-14)9(2)7-19-13/h7-8,10-11H,3-6H2,1-2H3,(H,15,16,17). The van der Waals surface area contributed by atoms with Gasteiger partial charge in [-0.05, 0) is 42.9 Å². The van der Waals surface area contributed by atoms with Crippen LogP contribution in [0.1, 0.15) is 31.7 Å². The first-order valence-corrected chi connectivity index (χ1v) is 8.77. The molecule has 2 aromatic rings. The zero-order valence-electron chi connectivity index (χ0n) is 11.3. The van der Waals surface area contributed by atoms with Gasteiger partial charge >= 0.3 is 0 Å². The van der Waals surface area contributed by atoms with Gasteiger partial charge in [0.2, 0.25) is 0 Å². The van der Waals surface area contributed by atoms with E-state index < -0.39 is 0 Å². The van der Waals surface area contributed by atoms with E-state index in [0.717, 1.165) is 16.6 Å². The van der Waals surface area contributed by atoms with Crippen molar-refractivity contribution in [1.82, 2.24) is 9.97 Å². The minimum Gasteiger partial charge on any atom is -0.366 e. The molecule has 0 saturated heterocycles. The lowest BCUT2D eigenvalue weighted by Gasteiger charge is -2.14. The van der Waals surface area contributed by atoms with Gasteiger partial charge in [-0.15, -0.1) is 11.3 Å². The van der Waals surface area contributed by atoms with Gasteiger partial charge < -0.3 is 5.32 Å². The normalized spacial score (nSPS) is 23.1. The lowest BCUT2D eigenvalue weighted by Crippen LogP contribution is -2.17. The van der Waals surface area contributed by atoms with Crippen LogP contribution >= 0.6 is 23.1 Å². The fourth-order valence-electron chi connectivity index (χ4n) is 2.72.